The Morgan fingerprint density at radius 2 is 0.515 bits per heavy atom. The van der Waals surface area contributed by atoms with Crippen molar-refractivity contribution in [2.45, 2.75) is 349 Å². The summed E-state index contributed by atoms with van der Waals surface area (Å²) in [4.78, 5) is 38.2. The summed E-state index contributed by atoms with van der Waals surface area (Å²) in [5.74, 6) is 1.68. The minimum Gasteiger partial charge on any atom is -0.462 e. The molecule has 0 aliphatic heterocycles. The molecule has 0 saturated carbocycles. The number of carbonyl (C=O) groups is 3. The zero-order valence-corrected chi connectivity index (χ0v) is 46.9. The van der Waals surface area contributed by atoms with Crippen LogP contribution in [-0.2, 0) is 28.6 Å². The first-order valence-corrected chi connectivity index (χ1v) is 30.6. The maximum Gasteiger partial charge on any atom is 0.306 e. The Bertz CT molecular complexity index is 1060. The van der Waals surface area contributed by atoms with Crippen LogP contribution in [0, 0.1) is 17.8 Å². The van der Waals surface area contributed by atoms with Gasteiger partial charge in [0.15, 0.2) is 6.10 Å². The van der Waals surface area contributed by atoms with Gasteiger partial charge in [-0.1, -0.05) is 305 Å². The highest BCUT2D eigenvalue weighted by molar-refractivity contribution is 5.71. The molecule has 0 aromatic carbocycles. The smallest absolute Gasteiger partial charge is 0.306 e. The molecule has 0 amide bonds. The van der Waals surface area contributed by atoms with E-state index < -0.39 is 6.10 Å². The second kappa shape index (κ2) is 53.2. The molecule has 0 spiro atoms. The second-order valence-electron chi connectivity index (χ2n) is 22.5. The average molecular weight is 962 g/mol. The lowest BCUT2D eigenvalue weighted by atomic mass is 10.00. The molecule has 0 rings (SSSR count). The van der Waals surface area contributed by atoms with Gasteiger partial charge in [-0.2, -0.15) is 0 Å². The summed E-state index contributed by atoms with van der Waals surface area (Å²) in [7, 11) is 0. The van der Waals surface area contributed by atoms with Crippen molar-refractivity contribution in [2.75, 3.05) is 13.2 Å². The van der Waals surface area contributed by atoms with Gasteiger partial charge in [0.05, 0.1) is 0 Å². The minimum atomic E-state index is -0.764. The van der Waals surface area contributed by atoms with E-state index in [9.17, 15) is 14.4 Å². The van der Waals surface area contributed by atoms with Crippen LogP contribution in [-0.4, -0.2) is 37.2 Å². The van der Waals surface area contributed by atoms with Gasteiger partial charge in [-0.15, -0.1) is 0 Å². The highest BCUT2D eigenvalue weighted by Gasteiger charge is 2.19. The molecule has 0 aliphatic carbocycles. The van der Waals surface area contributed by atoms with Crippen molar-refractivity contribution >= 4 is 17.9 Å². The van der Waals surface area contributed by atoms with E-state index in [-0.39, 0.29) is 31.1 Å². The standard InChI is InChI=1S/C62H120O6/c1-7-58(6)50-44-38-34-35-40-46-52-61(64)67-55-59(54-66-60(63)51-45-39-32-28-24-20-16-13-12-15-19-23-27-31-37-43-49-57(4)5)68-62(65)53-47-41-33-29-25-21-17-11-9-8-10-14-18-22-26-30-36-42-48-56(2)3/h56-59H,7-55H2,1-6H3/t58?,59-/m0/s1. The third-order valence-electron chi connectivity index (χ3n) is 14.5. The highest BCUT2D eigenvalue weighted by atomic mass is 16.6. The van der Waals surface area contributed by atoms with Crippen molar-refractivity contribution in [3.63, 3.8) is 0 Å². The Morgan fingerprint density at radius 3 is 0.765 bits per heavy atom. The van der Waals surface area contributed by atoms with Gasteiger partial charge in [0.2, 0.25) is 0 Å². The van der Waals surface area contributed by atoms with Crippen molar-refractivity contribution in [3.05, 3.63) is 0 Å². The molecule has 404 valence electrons. The van der Waals surface area contributed by atoms with Crippen molar-refractivity contribution in [1.82, 2.24) is 0 Å². The zero-order chi connectivity index (χ0) is 49.8. The third-order valence-corrected chi connectivity index (χ3v) is 14.5. The number of esters is 3. The molecule has 0 saturated heterocycles. The first-order valence-electron chi connectivity index (χ1n) is 30.6. The number of hydrogen-bond acceptors (Lipinski definition) is 6. The van der Waals surface area contributed by atoms with E-state index in [0.29, 0.717) is 19.3 Å². The Morgan fingerprint density at radius 1 is 0.294 bits per heavy atom. The molecule has 1 unspecified atom stereocenters. The average Bonchev–Trinajstić information content (AvgIpc) is 3.31. The predicted octanol–water partition coefficient (Wildman–Crippen LogP) is 20.3. The molecule has 0 bridgehead atoms. The molecule has 0 aliphatic rings. The van der Waals surface area contributed by atoms with Gasteiger partial charge in [-0.05, 0) is 37.0 Å². The van der Waals surface area contributed by atoms with Gasteiger partial charge in [0.1, 0.15) is 13.2 Å². The van der Waals surface area contributed by atoms with Crippen LogP contribution in [0.1, 0.15) is 343 Å². The number of ether oxygens (including phenoxy) is 3. The molecule has 6 heteroatoms. The molecule has 6 nitrogen and oxygen atoms in total. The molecule has 2 atom stereocenters. The molecule has 68 heavy (non-hydrogen) atoms. The summed E-state index contributed by atoms with van der Waals surface area (Å²) < 4.78 is 16.9. The minimum absolute atomic E-state index is 0.0638. The monoisotopic (exact) mass is 961 g/mol. The fourth-order valence-corrected chi connectivity index (χ4v) is 9.50. The molecular formula is C62H120O6. The number of carbonyl (C=O) groups excluding carboxylic acids is 3. The fourth-order valence-electron chi connectivity index (χ4n) is 9.50. The number of unbranched alkanes of at least 4 members (excludes halogenated alkanes) is 37. The topological polar surface area (TPSA) is 78.9 Å². The molecule has 0 aromatic rings. The quantitative estimate of drug-likeness (QED) is 0.0343. The molecule has 0 radical (unpaired) electrons. The zero-order valence-electron chi connectivity index (χ0n) is 46.9. The van der Waals surface area contributed by atoms with E-state index >= 15 is 0 Å². The maximum atomic E-state index is 12.9. The highest BCUT2D eigenvalue weighted by Crippen LogP contribution is 2.19. The summed E-state index contributed by atoms with van der Waals surface area (Å²) in [6, 6.07) is 0. The fraction of sp³-hybridized carbons (Fsp3) is 0.952. The lowest BCUT2D eigenvalue weighted by molar-refractivity contribution is -0.167. The van der Waals surface area contributed by atoms with Crippen LogP contribution in [0.5, 0.6) is 0 Å². The van der Waals surface area contributed by atoms with E-state index in [1.165, 1.54) is 225 Å². The van der Waals surface area contributed by atoms with Gasteiger partial charge in [0, 0.05) is 19.3 Å². The molecule has 0 aromatic heterocycles. The van der Waals surface area contributed by atoms with E-state index in [1.807, 2.05) is 0 Å². The van der Waals surface area contributed by atoms with Crippen molar-refractivity contribution in [1.29, 1.82) is 0 Å². The Kier molecular flexibility index (Phi) is 52.0. The maximum absolute atomic E-state index is 12.9. The van der Waals surface area contributed by atoms with Crippen LogP contribution < -0.4 is 0 Å². The van der Waals surface area contributed by atoms with Crippen molar-refractivity contribution < 1.29 is 28.6 Å². The molecular weight excluding hydrogens is 841 g/mol. The van der Waals surface area contributed by atoms with E-state index in [0.717, 1.165) is 75.5 Å². The van der Waals surface area contributed by atoms with Gasteiger partial charge in [-0.25, -0.2) is 0 Å². The number of rotatable bonds is 55. The largest absolute Gasteiger partial charge is 0.462 e. The van der Waals surface area contributed by atoms with E-state index in [1.54, 1.807) is 0 Å². The van der Waals surface area contributed by atoms with Gasteiger partial charge >= 0.3 is 17.9 Å². The first kappa shape index (κ1) is 66.4. The lowest BCUT2D eigenvalue weighted by Gasteiger charge is -2.18. The molecule has 0 fully saturated rings. The van der Waals surface area contributed by atoms with E-state index in [4.69, 9.17) is 14.2 Å². The molecule has 0 heterocycles. The van der Waals surface area contributed by atoms with Gasteiger partial charge < -0.3 is 14.2 Å². The van der Waals surface area contributed by atoms with Crippen molar-refractivity contribution in [2.24, 2.45) is 17.8 Å². The summed E-state index contributed by atoms with van der Waals surface area (Å²) in [6.45, 7) is 13.8. The first-order chi connectivity index (χ1) is 33.1. The van der Waals surface area contributed by atoms with Crippen LogP contribution in [0.25, 0.3) is 0 Å². The Hall–Kier alpha value is -1.59. The van der Waals surface area contributed by atoms with Crippen LogP contribution in [0.15, 0.2) is 0 Å². The van der Waals surface area contributed by atoms with Crippen LogP contribution in [0.3, 0.4) is 0 Å². The lowest BCUT2D eigenvalue weighted by Crippen LogP contribution is -2.30. The number of hydrogen-bond donors (Lipinski definition) is 0. The third kappa shape index (κ3) is 53.8. The summed E-state index contributed by atoms with van der Waals surface area (Å²) in [6.07, 6.45) is 56.8. The van der Waals surface area contributed by atoms with Gasteiger partial charge in [0.25, 0.3) is 0 Å². The normalized spacial score (nSPS) is 12.5. The van der Waals surface area contributed by atoms with Crippen LogP contribution >= 0.6 is 0 Å². The summed E-state index contributed by atoms with van der Waals surface area (Å²) in [5.41, 5.74) is 0. The summed E-state index contributed by atoms with van der Waals surface area (Å²) in [5, 5.41) is 0. The van der Waals surface area contributed by atoms with Crippen molar-refractivity contribution in [3.8, 4) is 0 Å². The predicted molar refractivity (Wildman–Crippen MR) is 293 cm³/mol. The Balaban J connectivity index is 4.21. The second-order valence-corrected chi connectivity index (χ2v) is 22.5. The SMILES string of the molecule is CCC(C)CCCCCCCCC(=O)OC[C@H](COC(=O)CCCCCCCCCCCCCCCCCCC(C)C)OC(=O)CCCCCCCCCCCCCCCCCCCCC(C)C. The van der Waals surface area contributed by atoms with Gasteiger partial charge in [-0.3, -0.25) is 14.4 Å². The van der Waals surface area contributed by atoms with Crippen LogP contribution in [0.4, 0.5) is 0 Å². The molecule has 0 N–H and O–H groups in total. The summed E-state index contributed by atoms with van der Waals surface area (Å²) >= 11 is 0. The van der Waals surface area contributed by atoms with E-state index in [2.05, 4.69) is 41.5 Å². The van der Waals surface area contributed by atoms with Crippen LogP contribution in [0.2, 0.25) is 0 Å². The Labute approximate surface area is 425 Å².